The molecule has 1 aliphatic rings. The van der Waals surface area contributed by atoms with E-state index in [0.717, 1.165) is 12.0 Å². The Kier molecular flexibility index (Phi) is 2.52. The number of nitrogens with one attached hydrogen (secondary N) is 1. The van der Waals surface area contributed by atoms with E-state index in [1.165, 1.54) is 0 Å². The lowest BCUT2D eigenvalue weighted by Gasteiger charge is -2.28. The standard InChI is InChI=1S/C9H11FN8/c10-6-3-12-9(15-11)14-8(6)17-1-2-18-5-13-16-7(18)4-17/h3,5H,1-2,4,11H2,(H,12,14,15). The minimum absolute atomic E-state index is 0.179. The third kappa shape index (κ3) is 1.74. The van der Waals surface area contributed by atoms with Crippen molar-refractivity contribution < 1.29 is 4.39 Å². The first kappa shape index (κ1) is 10.8. The summed E-state index contributed by atoms with van der Waals surface area (Å²) < 4.78 is 15.6. The highest BCUT2D eigenvalue weighted by Crippen LogP contribution is 2.21. The minimum atomic E-state index is -0.484. The van der Waals surface area contributed by atoms with Crippen molar-refractivity contribution in [3.05, 3.63) is 24.2 Å². The average Bonchev–Trinajstić information content (AvgIpc) is 2.86. The summed E-state index contributed by atoms with van der Waals surface area (Å²) >= 11 is 0. The SMILES string of the molecule is NNc1ncc(F)c(N2CCn3cnnc3C2)n1. The van der Waals surface area contributed by atoms with Gasteiger partial charge in [0, 0.05) is 13.1 Å². The second-order valence-electron chi connectivity index (χ2n) is 3.87. The molecule has 0 aliphatic carbocycles. The van der Waals surface area contributed by atoms with E-state index >= 15 is 0 Å². The number of aromatic nitrogens is 5. The van der Waals surface area contributed by atoms with Crippen LogP contribution in [0, 0.1) is 5.82 Å². The molecule has 2 aromatic heterocycles. The maximum atomic E-state index is 13.7. The van der Waals surface area contributed by atoms with E-state index in [0.29, 0.717) is 19.6 Å². The quantitative estimate of drug-likeness (QED) is 0.548. The Morgan fingerprint density at radius 3 is 3.11 bits per heavy atom. The van der Waals surface area contributed by atoms with Crippen LogP contribution in [0.1, 0.15) is 5.82 Å². The molecule has 0 saturated heterocycles. The fourth-order valence-corrected chi connectivity index (χ4v) is 1.90. The normalized spacial score (nSPS) is 14.4. The minimum Gasteiger partial charge on any atom is -0.345 e. The van der Waals surface area contributed by atoms with Crippen molar-refractivity contribution in [3.63, 3.8) is 0 Å². The van der Waals surface area contributed by atoms with Crippen molar-refractivity contribution in [2.75, 3.05) is 16.9 Å². The highest BCUT2D eigenvalue weighted by molar-refractivity contribution is 5.44. The van der Waals surface area contributed by atoms with E-state index in [-0.39, 0.29) is 11.8 Å². The van der Waals surface area contributed by atoms with Gasteiger partial charge in [-0.1, -0.05) is 0 Å². The first-order valence-electron chi connectivity index (χ1n) is 5.38. The van der Waals surface area contributed by atoms with Crippen molar-refractivity contribution in [2.24, 2.45) is 5.84 Å². The zero-order chi connectivity index (χ0) is 12.5. The van der Waals surface area contributed by atoms with Gasteiger partial charge in [0.25, 0.3) is 0 Å². The van der Waals surface area contributed by atoms with Crippen LogP contribution in [0.2, 0.25) is 0 Å². The maximum absolute atomic E-state index is 13.7. The van der Waals surface area contributed by atoms with Gasteiger partial charge in [0.15, 0.2) is 17.5 Å². The topological polar surface area (TPSA) is 97.8 Å². The van der Waals surface area contributed by atoms with Crippen LogP contribution < -0.4 is 16.2 Å². The molecule has 2 aromatic rings. The molecule has 0 bridgehead atoms. The molecular formula is C9H11FN8. The largest absolute Gasteiger partial charge is 0.345 e. The van der Waals surface area contributed by atoms with E-state index in [1.54, 1.807) is 11.2 Å². The van der Waals surface area contributed by atoms with Crippen LogP contribution in [0.15, 0.2) is 12.5 Å². The zero-order valence-corrected chi connectivity index (χ0v) is 9.41. The van der Waals surface area contributed by atoms with E-state index < -0.39 is 5.82 Å². The average molecular weight is 250 g/mol. The number of nitrogens with two attached hydrogens (primary N) is 1. The molecule has 0 fully saturated rings. The van der Waals surface area contributed by atoms with Crippen molar-refractivity contribution in [1.29, 1.82) is 0 Å². The van der Waals surface area contributed by atoms with Crippen LogP contribution >= 0.6 is 0 Å². The van der Waals surface area contributed by atoms with E-state index in [9.17, 15) is 4.39 Å². The van der Waals surface area contributed by atoms with Gasteiger partial charge in [-0.05, 0) is 0 Å². The molecule has 18 heavy (non-hydrogen) atoms. The second-order valence-corrected chi connectivity index (χ2v) is 3.87. The number of hydrogen-bond donors (Lipinski definition) is 2. The third-order valence-corrected chi connectivity index (χ3v) is 2.79. The van der Waals surface area contributed by atoms with Gasteiger partial charge in [-0.25, -0.2) is 15.2 Å². The number of fused-ring (bicyclic) bond motifs is 1. The predicted octanol–water partition coefficient (Wildman–Crippen LogP) is -0.487. The lowest BCUT2D eigenvalue weighted by molar-refractivity contribution is 0.535. The molecule has 0 atom stereocenters. The van der Waals surface area contributed by atoms with Crippen molar-refractivity contribution in [2.45, 2.75) is 13.1 Å². The number of nitrogen functional groups attached to an aromatic ring is 1. The Morgan fingerprint density at radius 2 is 2.28 bits per heavy atom. The van der Waals surface area contributed by atoms with Gasteiger partial charge in [0.05, 0.1) is 12.7 Å². The van der Waals surface area contributed by atoms with E-state index in [2.05, 4.69) is 25.6 Å². The van der Waals surface area contributed by atoms with E-state index in [1.807, 2.05) is 4.57 Å². The summed E-state index contributed by atoms with van der Waals surface area (Å²) in [4.78, 5) is 9.50. The molecule has 0 spiro atoms. The Morgan fingerprint density at radius 1 is 1.39 bits per heavy atom. The van der Waals surface area contributed by atoms with E-state index in [4.69, 9.17) is 5.84 Å². The molecule has 3 N–H and O–H groups in total. The monoisotopic (exact) mass is 250 g/mol. The predicted molar refractivity (Wildman–Crippen MR) is 60.9 cm³/mol. The number of hydrogen-bond acceptors (Lipinski definition) is 7. The van der Waals surface area contributed by atoms with Crippen LogP contribution in [-0.2, 0) is 13.1 Å². The molecule has 94 valence electrons. The summed E-state index contributed by atoms with van der Waals surface area (Å²) in [6.07, 6.45) is 2.76. The summed E-state index contributed by atoms with van der Waals surface area (Å²) in [5.41, 5.74) is 2.30. The smallest absolute Gasteiger partial charge is 0.239 e. The summed E-state index contributed by atoms with van der Waals surface area (Å²) in [6.45, 7) is 1.78. The zero-order valence-electron chi connectivity index (χ0n) is 9.41. The van der Waals surface area contributed by atoms with Crippen LogP contribution in [0.5, 0.6) is 0 Å². The van der Waals surface area contributed by atoms with Crippen LogP contribution in [0.25, 0.3) is 0 Å². The molecule has 8 nitrogen and oxygen atoms in total. The van der Waals surface area contributed by atoms with Crippen LogP contribution in [0.4, 0.5) is 16.2 Å². The lowest BCUT2D eigenvalue weighted by Crippen LogP contribution is -2.35. The number of hydrazine groups is 1. The lowest BCUT2D eigenvalue weighted by atomic mass is 10.3. The number of anilines is 2. The van der Waals surface area contributed by atoms with Crippen molar-refractivity contribution >= 4 is 11.8 Å². The number of rotatable bonds is 2. The molecule has 0 aromatic carbocycles. The Bertz CT molecular complexity index is 567. The highest BCUT2D eigenvalue weighted by atomic mass is 19.1. The summed E-state index contributed by atoms with van der Waals surface area (Å²) in [5, 5.41) is 7.79. The van der Waals surface area contributed by atoms with Gasteiger partial charge in [0.1, 0.15) is 6.33 Å². The van der Waals surface area contributed by atoms with Crippen molar-refractivity contribution in [1.82, 2.24) is 24.7 Å². The fraction of sp³-hybridized carbons (Fsp3) is 0.333. The Labute approximate surface area is 102 Å². The van der Waals surface area contributed by atoms with Crippen LogP contribution in [-0.4, -0.2) is 31.3 Å². The maximum Gasteiger partial charge on any atom is 0.239 e. The summed E-state index contributed by atoms with van der Waals surface area (Å²) in [7, 11) is 0. The fourth-order valence-electron chi connectivity index (χ4n) is 1.90. The third-order valence-electron chi connectivity index (χ3n) is 2.79. The summed E-state index contributed by atoms with van der Waals surface area (Å²) in [6, 6.07) is 0. The Hall–Kier alpha value is -2.29. The summed E-state index contributed by atoms with van der Waals surface area (Å²) in [5.74, 6) is 5.90. The molecule has 0 radical (unpaired) electrons. The van der Waals surface area contributed by atoms with Crippen LogP contribution in [0.3, 0.4) is 0 Å². The molecular weight excluding hydrogens is 239 g/mol. The Balaban J connectivity index is 1.92. The molecule has 0 amide bonds. The van der Waals surface area contributed by atoms with Gasteiger partial charge in [-0.3, -0.25) is 5.43 Å². The molecule has 3 heterocycles. The molecule has 1 aliphatic heterocycles. The first-order valence-corrected chi connectivity index (χ1v) is 5.38. The van der Waals surface area contributed by atoms with Gasteiger partial charge < -0.3 is 9.47 Å². The number of nitrogens with zero attached hydrogens (tertiary/aromatic N) is 6. The number of halogens is 1. The van der Waals surface area contributed by atoms with Crippen molar-refractivity contribution in [3.8, 4) is 0 Å². The van der Waals surface area contributed by atoms with Gasteiger partial charge in [-0.15, -0.1) is 10.2 Å². The second kappa shape index (κ2) is 4.18. The highest BCUT2D eigenvalue weighted by Gasteiger charge is 2.21. The van der Waals surface area contributed by atoms with Gasteiger partial charge in [-0.2, -0.15) is 4.98 Å². The molecule has 3 rings (SSSR count). The molecule has 9 heteroatoms. The molecule has 0 saturated carbocycles. The van der Waals surface area contributed by atoms with Gasteiger partial charge >= 0.3 is 0 Å². The molecule has 0 unspecified atom stereocenters. The first-order chi connectivity index (χ1) is 8.78. The van der Waals surface area contributed by atoms with Gasteiger partial charge in [0.2, 0.25) is 5.95 Å².